The van der Waals surface area contributed by atoms with Crippen molar-refractivity contribution in [1.29, 1.82) is 0 Å². The van der Waals surface area contributed by atoms with Crippen LogP contribution in [-0.2, 0) is 38.1 Å². The van der Waals surface area contributed by atoms with Gasteiger partial charge in [-0.25, -0.2) is 0 Å². The molecule has 2 atom stereocenters. The number of carbonyl (C=O) groups is 4. The molecule has 12 heteroatoms. The van der Waals surface area contributed by atoms with Gasteiger partial charge in [0.15, 0.2) is 0 Å². The first-order chi connectivity index (χ1) is 23.7. The largest absolute Gasteiger partial charge is 0.466 e. The zero-order chi connectivity index (χ0) is 36.4. The summed E-state index contributed by atoms with van der Waals surface area (Å²) in [5.74, 6) is -0.993. The summed E-state index contributed by atoms with van der Waals surface area (Å²) in [6.45, 7) is 7.10. The van der Waals surface area contributed by atoms with Crippen molar-refractivity contribution in [2.45, 2.75) is 161 Å². The minimum Gasteiger partial charge on any atom is -0.466 e. The van der Waals surface area contributed by atoms with Crippen LogP contribution in [0, 0.1) is 0 Å². The summed E-state index contributed by atoms with van der Waals surface area (Å²) in [7, 11) is 0. The van der Waals surface area contributed by atoms with E-state index in [1.807, 2.05) is 0 Å². The Morgan fingerprint density at radius 1 is 0.490 bits per heavy atom. The maximum atomic E-state index is 12.3. The fourth-order valence-corrected chi connectivity index (χ4v) is 5.01. The lowest BCUT2D eigenvalue weighted by Gasteiger charge is -2.21. The molecule has 0 radical (unpaired) electrons. The van der Waals surface area contributed by atoms with E-state index in [1.165, 1.54) is 0 Å². The third kappa shape index (κ3) is 32.7. The number of unbranched alkanes of at least 4 members (excludes halogenated alkanes) is 8. The second kappa shape index (κ2) is 34.2. The van der Waals surface area contributed by atoms with Crippen LogP contribution in [-0.4, -0.2) is 98.6 Å². The quantitative estimate of drug-likeness (QED) is 0.0439. The molecule has 0 aliphatic heterocycles. The zero-order valence-corrected chi connectivity index (χ0v) is 31.0. The van der Waals surface area contributed by atoms with E-state index in [9.17, 15) is 19.2 Å². The number of nitrogens with two attached hydrogens (primary N) is 2. The van der Waals surface area contributed by atoms with Gasteiger partial charge in [0.1, 0.15) is 0 Å². The predicted octanol–water partition coefficient (Wildman–Crippen LogP) is 5.34. The molecule has 0 saturated carbocycles. The first kappa shape index (κ1) is 46.7. The summed E-state index contributed by atoms with van der Waals surface area (Å²) < 4.78 is 21.2. The molecule has 49 heavy (non-hydrogen) atoms. The van der Waals surface area contributed by atoms with Crippen LogP contribution in [0.3, 0.4) is 0 Å². The third-order valence-electron chi connectivity index (χ3n) is 8.49. The lowest BCUT2D eigenvalue weighted by atomic mass is 10.1. The van der Waals surface area contributed by atoms with Gasteiger partial charge in [-0.2, -0.15) is 0 Å². The number of nitrogens with zero attached hydrogens (tertiary/aromatic N) is 1. The lowest BCUT2D eigenvalue weighted by molar-refractivity contribution is -0.147. The molecule has 0 aliphatic carbocycles. The summed E-state index contributed by atoms with van der Waals surface area (Å²) >= 11 is 0. The number of hydrogen-bond acceptors (Lipinski definition) is 12. The van der Waals surface area contributed by atoms with E-state index in [0.717, 1.165) is 77.0 Å². The van der Waals surface area contributed by atoms with E-state index >= 15 is 0 Å². The van der Waals surface area contributed by atoms with E-state index in [2.05, 4.69) is 18.7 Å². The van der Waals surface area contributed by atoms with E-state index in [4.69, 9.17) is 35.5 Å². The van der Waals surface area contributed by atoms with Gasteiger partial charge >= 0.3 is 23.9 Å². The third-order valence-corrected chi connectivity index (χ3v) is 8.49. The Bertz CT molecular complexity index is 771. The second-order valence-electron chi connectivity index (χ2n) is 13.0. The lowest BCUT2D eigenvalue weighted by Crippen LogP contribution is -2.30. The van der Waals surface area contributed by atoms with Crippen molar-refractivity contribution in [3.63, 3.8) is 0 Å². The predicted molar refractivity (Wildman–Crippen MR) is 192 cm³/mol. The minimum atomic E-state index is -0.305. The number of rotatable bonds is 35. The highest BCUT2D eigenvalue weighted by Gasteiger charge is 2.13. The Hall–Kier alpha value is -2.28. The molecule has 0 bridgehead atoms. The Morgan fingerprint density at radius 2 is 0.857 bits per heavy atom. The number of ether oxygens (including phenoxy) is 4. The summed E-state index contributed by atoms with van der Waals surface area (Å²) in [6.07, 6.45) is 15.7. The molecule has 0 rings (SSSR count). The van der Waals surface area contributed by atoms with E-state index in [1.54, 1.807) is 0 Å². The Kier molecular flexibility index (Phi) is 32.6. The molecule has 0 amide bonds. The number of aliphatic hydroxyl groups is 1. The molecule has 0 aromatic rings. The SMILES string of the molecule is CCC(N)CCCCCC(=O)OCCCCOC(=O)CCN(CCCCCO)CCC(=O)OCCCCOC(=O)CCCCCC(N)CC. The molecule has 5 N–H and O–H groups in total. The summed E-state index contributed by atoms with van der Waals surface area (Å²) in [5, 5.41) is 9.07. The van der Waals surface area contributed by atoms with Gasteiger partial charge in [-0.15, -0.1) is 0 Å². The van der Waals surface area contributed by atoms with Crippen molar-refractivity contribution in [3.05, 3.63) is 0 Å². The van der Waals surface area contributed by atoms with Gasteiger partial charge in [0.05, 0.1) is 39.3 Å². The van der Waals surface area contributed by atoms with Gasteiger partial charge in [0, 0.05) is 44.6 Å². The first-order valence-electron chi connectivity index (χ1n) is 19.2. The Balaban J connectivity index is 4.03. The zero-order valence-electron chi connectivity index (χ0n) is 31.0. The highest BCUT2D eigenvalue weighted by atomic mass is 16.5. The van der Waals surface area contributed by atoms with Gasteiger partial charge < -0.3 is 40.4 Å². The number of carbonyl (C=O) groups excluding carboxylic acids is 4. The Labute approximate surface area is 296 Å². The van der Waals surface area contributed by atoms with Gasteiger partial charge in [0.2, 0.25) is 0 Å². The van der Waals surface area contributed by atoms with Crippen LogP contribution in [0.5, 0.6) is 0 Å². The maximum absolute atomic E-state index is 12.3. The van der Waals surface area contributed by atoms with E-state index in [-0.39, 0.29) is 68.6 Å². The van der Waals surface area contributed by atoms with Crippen LogP contribution < -0.4 is 11.5 Å². The molecule has 288 valence electrons. The van der Waals surface area contributed by atoms with E-state index < -0.39 is 0 Å². The number of hydrogen-bond donors (Lipinski definition) is 3. The molecule has 0 saturated heterocycles. The van der Waals surface area contributed by atoms with Gasteiger partial charge in [0.25, 0.3) is 0 Å². The fraction of sp³-hybridized carbons (Fsp3) is 0.892. The monoisotopic (exact) mass is 702 g/mol. The van der Waals surface area contributed by atoms with Gasteiger partial charge in [-0.05, 0) is 90.0 Å². The molecular weight excluding hydrogens is 630 g/mol. The molecule has 0 aromatic carbocycles. The van der Waals surface area contributed by atoms with Crippen LogP contribution in [0.2, 0.25) is 0 Å². The van der Waals surface area contributed by atoms with Crippen molar-refractivity contribution in [2.75, 3.05) is 52.7 Å². The Morgan fingerprint density at radius 3 is 1.22 bits per heavy atom. The number of aliphatic hydroxyl groups excluding tert-OH is 1. The smallest absolute Gasteiger partial charge is 0.307 e. The summed E-state index contributed by atoms with van der Waals surface area (Å²) in [6, 6.07) is 0.487. The van der Waals surface area contributed by atoms with Crippen LogP contribution >= 0.6 is 0 Å². The standard InChI is InChI=1S/C37H71N3O9/c1-3-32(38)18-8-5-10-20-34(42)46-28-14-16-30-48-36(44)22-25-40(24-12-7-13-27-41)26-23-37(45)49-31-17-15-29-47-35(43)21-11-6-9-19-33(39)4-2/h32-33,41H,3-31,38-39H2,1-2H3. The van der Waals surface area contributed by atoms with Crippen molar-refractivity contribution >= 4 is 23.9 Å². The molecular formula is C37H71N3O9. The molecule has 0 aromatic heterocycles. The minimum absolute atomic E-state index is 0.139. The van der Waals surface area contributed by atoms with E-state index in [0.29, 0.717) is 77.8 Å². The van der Waals surface area contributed by atoms with Crippen LogP contribution in [0.25, 0.3) is 0 Å². The normalized spacial score (nSPS) is 12.4. The maximum Gasteiger partial charge on any atom is 0.307 e. The second-order valence-corrected chi connectivity index (χ2v) is 13.0. The van der Waals surface area contributed by atoms with Crippen molar-refractivity contribution in [2.24, 2.45) is 11.5 Å². The molecule has 2 unspecified atom stereocenters. The molecule has 0 spiro atoms. The highest BCUT2D eigenvalue weighted by Crippen LogP contribution is 2.09. The molecule has 12 nitrogen and oxygen atoms in total. The summed E-state index contributed by atoms with van der Waals surface area (Å²) in [5.41, 5.74) is 11.8. The van der Waals surface area contributed by atoms with Crippen molar-refractivity contribution < 1.29 is 43.2 Å². The average molecular weight is 702 g/mol. The van der Waals surface area contributed by atoms with Gasteiger partial charge in [-0.3, -0.25) is 19.2 Å². The number of esters is 4. The van der Waals surface area contributed by atoms with Crippen molar-refractivity contribution in [1.82, 2.24) is 4.90 Å². The fourth-order valence-electron chi connectivity index (χ4n) is 5.01. The topological polar surface area (TPSA) is 181 Å². The average Bonchev–Trinajstić information content (AvgIpc) is 3.09. The van der Waals surface area contributed by atoms with Crippen molar-refractivity contribution in [3.8, 4) is 0 Å². The van der Waals surface area contributed by atoms with Gasteiger partial charge in [-0.1, -0.05) is 39.5 Å². The first-order valence-corrected chi connectivity index (χ1v) is 19.2. The van der Waals surface area contributed by atoms with Crippen LogP contribution in [0.1, 0.15) is 149 Å². The van der Waals surface area contributed by atoms with Crippen LogP contribution in [0.15, 0.2) is 0 Å². The molecule has 0 heterocycles. The molecule has 0 aliphatic rings. The molecule has 0 fully saturated rings. The van der Waals surface area contributed by atoms with Crippen LogP contribution in [0.4, 0.5) is 0 Å². The highest BCUT2D eigenvalue weighted by molar-refractivity contribution is 5.70. The summed E-state index contributed by atoms with van der Waals surface area (Å²) in [4.78, 5) is 50.4.